The van der Waals surface area contributed by atoms with Gasteiger partial charge in [0.2, 0.25) is 0 Å². The van der Waals surface area contributed by atoms with E-state index in [1.807, 2.05) is 0 Å². The van der Waals surface area contributed by atoms with Crippen LogP contribution in [0.5, 0.6) is 0 Å². The first-order valence-corrected chi connectivity index (χ1v) is 7.59. The van der Waals surface area contributed by atoms with Gasteiger partial charge in [-0.1, -0.05) is 34.8 Å². The summed E-state index contributed by atoms with van der Waals surface area (Å²) in [5.74, 6) is 0.153. The van der Waals surface area contributed by atoms with Crippen LogP contribution in [0, 0.1) is 0 Å². The number of sulfonamides is 1. The third-order valence-corrected chi connectivity index (χ3v) is 4.11. The maximum Gasteiger partial charge on any atom is 0.263 e. The van der Waals surface area contributed by atoms with E-state index < -0.39 is 10.0 Å². The lowest BCUT2D eigenvalue weighted by atomic mass is 10.4. The largest absolute Gasteiger partial charge is 0.263 e. The summed E-state index contributed by atoms with van der Waals surface area (Å²) in [6, 6.07) is 7.02. The third kappa shape index (κ3) is 3.73. The van der Waals surface area contributed by atoms with Crippen LogP contribution in [-0.4, -0.2) is 13.4 Å². The summed E-state index contributed by atoms with van der Waals surface area (Å²) in [5, 5.41) is 0.877. The second-order valence-electron chi connectivity index (χ2n) is 3.57. The van der Waals surface area contributed by atoms with Gasteiger partial charge in [0.15, 0.2) is 0 Å². The molecule has 0 radical (unpaired) electrons. The van der Waals surface area contributed by atoms with Crippen LogP contribution in [0.4, 0.5) is 5.82 Å². The molecule has 0 aliphatic carbocycles. The van der Waals surface area contributed by atoms with E-state index in [-0.39, 0.29) is 20.8 Å². The molecule has 0 spiro atoms. The van der Waals surface area contributed by atoms with E-state index >= 15 is 0 Å². The van der Waals surface area contributed by atoms with Crippen molar-refractivity contribution in [2.45, 2.75) is 4.90 Å². The van der Waals surface area contributed by atoms with Gasteiger partial charge >= 0.3 is 0 Å². The predicted octanol–water partition coefficient (Wildman–Crippen LogP) is 3.84. The molecule has 2 rings (SSSR count). The van der Waals surface area contributed by atoms with Crippen LogP contribution >= 0.6 is 34.8 Å². The number of halogens is 3. The van der Waals surface area contributed by atoms with E-state index in [9.17, 15) is 8.42 Å². The monoisotopic (exact) mass is 336 g/mol. The molecule has 2 aromatic rings. The average Bonchev–Trinajstić information content (AvgIpc) is 2.31. The Hall–Kier alpha value is -1.01. The molecule has 0 aliphatic heterocycles. The van der Waals surface area contributed by atoms with Crippen LogP contribution in [0.15, 0.2) is 41.4 Å². The Labute approximate surface area is 125 Å². The maximum atomic E-state index is 12.1. The number of rotatable bonds is 3. The smallest absolute Gasteiger partial charge is 0.263 e. The lowest BCUT2D eigenvalue weighted by Gasteiger charge is -2.08. The van der Waals surface area contributed by atoms with Gasteiger partial charge in [-0.25, -0.2) is 13.4 Å². The van der Waals surface area contributed by atoms with Gasteiger partial charge in [-0.15, -0.1) is 0 Å². The molecule has 0 amide bonds. The number of anilines is 1. The van der Waals surface area contributed by atoms with Crippen molar-refractivity contribution in [3.8, 4) is 0 Å². The lowest BCUT2D eigenvalue weighted by Crippen LogP contribution is -2.13. The van der Waals surface area contributed by atoms with Crippen molar-refractivity contribution in [3.63, 3.8) is 0 Å². The predicted molar refractivity (Wildman–Crippen MR) is 76.5 cm³/mol. The Morgan fingerprint density at radius 3 is 2.11 bits per heavy atom. The van der Waals surface area contributed by atoms with E-state index in [1.54, 1.807) is 0 Å². The highest BCUT2D eigenvalue weighted by molar-refractivity contribution is 7.92. The van der Waals surface area contributed by atoms with Crippen molar-refractivity contribution < 1.29 is 8.42 Å². The van der Waals surface area contributed by atoms with Crippen LogP contribution in [0.2, 0.25) is 15.1 Å². The van der Waals surface area contributed by atoms with E-state index in [0.29, 0.717) is 5.02 Å². The summed E-state index contributed by atoms with van der Waals surface area (Å²) in [5.41, 5.74) is 0. The van der Waals surface area contributed by atoms with Gasteiger partial charge in [-0.3, -0.25) is 4.72 Å². The molecular formula is C11H7Cl3N2O2S. The fourth-order valence-electron chi connectivity index (χ4n) is 1.32. The van der Waals surface area contributed by atoms with Gasteiger partial charge in [-0.05, 0) is 30.3 Å². The van der Waals surface area contributed by atoms with Crippen molar-refractivity contribution in [1.82, 2.24) is 4.98 Å². The molecule has 0 saturated carbocycles. The molecule has 19 heavy (non-hydrogen) atoms. The fraction of sp³-hybridized carbons (Fsp3) is 0. The number of nitrogens with zero attached hydrogens (tertiary/aromatic N) is 1. The van der Waals surface area contributed by atoms with Gasteiger partial charge in [0.05, 0.1) is 9.92 Å². The Bertz CT molecular complexity index is 682. The molecule has 0 fully saturated rings. The fourth-order valence-corrected chi connectivity index (χ4v) is 3.16. The number of hydrogen-bond donors (Lipinski definition) is 1. The van der Waals surface area contributed by atoms with Crippen LogP contribution in [0.3, 0.4) is 0 Å². The molecule has 1 N–H and O–H groups in total. The molecular weight excluding hydrogens is 331 g/mol. The normalized spacial score (nSPS) is 11.3. The molecule has 1 aromatic carbocycles. The number of hydrogen-bond acceptors (Lipinski definition) is 3. The van der Waals surface area contributed by atoms with Gasteiger partial charge in [0, 0.05) is 16.2 Å². The Morgan fingerprint density at radius 1 is 0.947 bits per heavy atom. The molecule has 100 valence electrons. The van der Waals surface area contributed by atoms with E-state index in [0.717, 1.165) is 0 Å². The summed E-state index contributed by atoms with van der Waals surface area (Å²) in [6.45, 7) is 0. The van der Waals surface area contributed by atoms with E-state index in [2.05, 4.69) is 9.71 Å². The topological polar surface area (TPSA) is 59.1 Å². The highest BCUT2D eigenvalue weighted by atomic mass is 35.5. The quantitative estimate of drug-likeness (QED) is 0.925. The van der Waals surface area contributed by atoms with Gasteiger partial charge in [0.25, 0.3) is 10.0 Å². The van der Waals surface area contributed by atoms with Crippen LogP contribution in [0.1, 0.15) is 0 Å². The summed E-state index contributed by atoms with van der Waals surface area (Å²) >= 11 is 17.2. The van der Waals surface area contributed by atoms with Crippen LogP contribution in [0.25, 0.3) is 0 Å². The lowest BCUT2D eigenvalue weighted by molar-refractivity contribution is 0.601. The Kier molecular flexibility index (Phi) is 4.20. The Morgan fingerprint density at radius 2 is 1.58 bits per heavy atom. The Balaban J connectivity index is 2.34. The summed E-state index contributed by atoms with van der Waals surface area (Å²) in [7, 11) is -3.80. The molecule has 0 bridgehead atoms. The van der Waals surface area contributed by atoms with Gasteiger partial charge < -0.3 is 0 Å². The molecule has 0 unspecified atom stereocenters. The number of benzene rings is 1. The molecule has 8 heteroatoms. The van der Waals surface area contributed by atoms with E-state index in [1.165, 1.54) is 36.5 Å². The van der Waals surface area contributed by atoms with Crippen LogP contribution in [-0.2, 0) is 10.0 Å². The number of nitrogens with one attached hydrogen (secondary N) is 1. The number of pyridine rings is 1. The molecule has 1 aromatic heterocycles. The standard InChI is InChI=1S/C11H7Cl3N2O2S/c12-7-1-2-11(15-6-7)16-19(17,18)10-4-8(13)3-9(14)5-10/h1-6H,(H,15,16). The highest BCUT2D eigenvalue weighted by Gasteiger charge is 2.16. The first-order valence-electron chi connectivity index (χ1n) is 4.97. The van der Waals surface area contributed by atoms with Crippen molar-refractivity contribution in [3.05, 3.63) is 51.6 Å². The number of aromatic nitrogens is 1. The van der Waals surface area contributed by atoms with Gasteiger partial charge in [-0.2, -0.15) is 0 Å². The molecule has 4 nitrogen and oxygen atoms in total. The summed E-state index contributed by atoms with van der Waals surface area (Å²) in [4.78, 5) is 3.81. The van der Waals surface area contributed by atoms with Gasteiger partial charge in [0.1, 0.15) is 5.82 Å². The SMILES string of the molecule is O=S(=O)(Nc1ccc(Cl)cn1)c1cc(Cl)cc(Cl)c1. The zero-order valence-corrected chi connectivity index (χ0v) is 12.4. The van der Waals surface area contributed by atoms with Crippen LogP contribution < -0.4 is 4.72 Å². The molecule has 0 saturated heterocycles. The first kappa shape index (κ1) is 14.4. The maximum absolute atomic E-state index is 12.1. The van der Waals surface area contributed by atoms with Crippen molar-refractivity contribution in [2.24, 2.45) is 0 Å². The molecule has 1 heterocycles. The average molecular weight is 338 g/mol. The minimum absolute atomic E-state index is 0.0400. The second-order valence-corrected chi connectivity index (χ2v) is 6.56. The summed E-state index contributed by atoms with van der Waals surface area (Å²) in [6.07, 6.45) is 1.34. The highest BCUT2D eigenvalue weighted by Crippen LogP contribution is 2.23. The zero-order valence-electron chi connectivity index (χ0n) is 9.27. The first-order chi connectivity index (χ1) is 8.87. The van der Waals surface area contributed by atoms with Crippen molar-refractivity contribution in [2.75, 3.05) is 4.72 Å². The summed E-state index contributed by atoms with van der Waals surface area (Å²) < 4.78 is 26.5. The minimum Gasteiger partial charge on any atom is -0.263 e. The van der Waals surface area contributed by atoms with E-state index in [4.69, 9.17) is 34.8 Å². The molecule has 0 atom stereocenters. The second kappa shape index (κ2) is 5.54. The zero-order chi connectivity index (χ0) is 14.0. The van der Waals surface area contributed by atoms with Crippen molar-refractivity contribution >= 4 is 50.6 Å². The minimum atomic E-state index is -3.80. The third-order valence-electron chi connectivity index (χ3n) is 2.11. The molecule has 0 aliphatic rings. The van der Waals surface area contributed by atoms with Crippen molar-refractivity contribution in [1.29, 1.82) is 0 Å².